The monoisotopic (exact) mass is 292 g/mol. The molecule has 1 fully saturated rings. The van der Waals surface area contributed by atoms with Crippen LogP contribution in [0.5, 0.6) is 0 Å². The summed E-state index contributed by atoms with van der Waals surface area (Å²) in [4.78, 5) is 17.7. The minimum Gasteiger partial charge on any atom is -0.444 e. The van der Waals surface area contributed by atoms with Crippen molar-refractivity contribution in [2.24, 2.45) is 5.92 Å². The first-order valence-electron chi connectivity index (χ1n) is 7.26. The molecular formula is C15H24N4O2. The molecule has 0 bridgehead atoms. The van der Waals surface area contributed by atoms with Crippen LogP contribution in [0.25, 0.3) is 0 Å². The molecule has 0 spiro atoms. The molecule has 21 heavy (non-hydrogen) atoms. The summed E-state index contributed by atoms with van der Waals surface area (Å²) in [5, 5.41) is 3.32. The van der Waals surface area contributed by atoms with Gasteiger partial charge in [0.15, 0.2) is 0 Å². The summed E-state index contributed by atoms with van der Waals surface area (Å²) >= 11 is 0. The molecule has 116 valence electrons. The zero-order valence-corrected chi connectivity index (χ0v) is 12.9. The van der Waals surface area contributed by atoms with Crippen LogP contribution in [0.2, 0.25) is 0 Å². The van der Waals surface area contributed by atoms with E-state index in [0.717, 1.165) is 25.2 Å². The van der Waals surface area contributed by atoms with Crippen LogP contribution >= 0.6 is 0 Å². The van der Waals surface area contributed by atoms with Crippen LogP contribution in [0.3, 0.4) is 0 Å². The zero-order valence-electron chi connectivity index (χ0n) is 12.9. The van der Waals surface area contributed by atoms with E-state index in [0.29, 0.717) is 18.2 Å². The summed E-state index contributed by atoms with van der Waals surface area (Å²) in [5.74, 6) is 0.407. The van der Waals surface area contributed by atoms with E-state index in [1.54, 1.807) is 17.3 Å². The van der Waals surface area contributed by atoms with Crippen molar-refractivity contribution in [1.29, 1.82) is 0 Å². The van der Waals surface area contributed by atoms with Gasteiger partial charge in [0.05, 0.1) is 17.6 Å². The molecule has 6 heteroatoms. The van der Waals surface area contributed by atoms with Gasteiger partial charge in [0.1, 0.15) is 5.60 Å². The van der Waals surface area contributed by atoms with Crippen molar-refractivity contribution in [1.82, 2.24) is 9.88 Å². The molecule has 1 atom stereocenters. The molecule has 0 aromatic carbocycles. The van der Waals surface area contributed by atoms with Gasteiger partial charge in [-0.1, -0.05) is 0 Å². The van der Waals surface area contributed by atoms with E-state index in [1.807, 2.05) is 26.8 Å². The number of hydrogen-bond donors (Lipinski definition) is 2. The second kappa shape index (κ2) is 6.20. The van der Waals surface area contributed by atoms with Crippen molar-refractivity contribution < 1.29 is 9.53 Å². The molecule has 6 nitrogen and oxygen atoms in total. The second-order valence-corrected chi connectivity index (χ2v) is 6.42. The predicted molar refractivity (Wildman–Crippen MR) is 83.1 cm³/mol. The number of rotatable bonds is 3. The zero-order chi connectivity index (χ0) is 15.5. The van der Waals surface area contributed by atoms with Crippen LogP contribution < -0.4 is 11.1 Å². The van der Waals surface area contributed by atoms with Crippen molar-refractivity contribution in [3.8, 4) is 0 Å². The Labute approximate surface area is 125 Å². The maximum atomic E-state index is 12.0. The number of anilines is 2. The van der Waals surface area contributed by atoms with E-state index < -0.39 is 5.60 Å². The van der Waals surface area contributed by atoms with E-state index >= 15 is 0 Å². The lowest BCUT2D eigenvalue weighted by Crippen LogP contribution is -2.35. The van der Waals surface area contributed by atoms with Gasteiger partial charge in [0.25, 0.3) is 0 Å². The number of likely N-dealkylation sites (tertiary alicyclic amines) is 1. The van der Waals surface area contributed by atoms with Crippen molar-refractivity contribution in [2.75, 3.05) is 30.7 Å². The van der Waals surface area contributed by atoms with Crippen LogP contribution in [0.4, 0.5) is 16.2 Å². The Morgan fingerprint density at radius 3 is 3.00 bits per heavy atom. The first kappa shape index (κ1) is 15.4. The van der Waals surface area contributed by atoms with Crippen LogP contribution in [-0.4, -0.2) is 41.2 Å². The lowest BCUT2D eigenvalue weighted by atomic mass is 10.1. The van der Waals surface area contributed by atoms with Gasteiger partial charge in [-0.2, -0.15) is 0 Å². The van der Waals surface area contributed by atoms with Crippen molar-refractivity contribution in [3.63, 3.8) is 0 Å². The summed E-state index contributed by atoms with van der Waals surface area (Å²) in [6.07, 6.45) is 4.08. The van der Waals surface area contributed by atoms with Gasteiger partial charge in [-0.25, -0.2) is 4.79 Å². The third-order valence-electron chi connectivity index (χ3n) is 3.37. The number of amides is 1. The standard InChI is InChI=1S/C15H24N4O2/c1-15(2,3)21-14(20)19-7-5-11(10-19)8-18-13-4-6-17-9-12(13)16/h4,6,9,11H,5,7-8,10,16H2,1-3H3,(H,17,18)/t11-/m0/s1. The Bertz CT molecular complexity index is 499. The number of nitrogens with one attached hydrogen (secondary N) is 1. The topological polar surface area (TPSA) is 80.5 Å². The molecule has 2 rings (SSSR count). The number of nitrogen functional groups attached to an aromatic ring is 1. The first-order chi connectivity index (χ1) is 9.85. The molecule has 1 aliphatic heterocycles. The molecular weight excluding hydrogens is 268 g/mol. The highest BCUT2D eigenvalue weighted by molar-refractivity contribution is 5.68. The Balaban J connectivity index is 1.80. The molecule has 2 heterocycles. The third-order valence-corrected chi connectivity index (χ3v) is 3.37. The number of hydrogen-bond acceptors (Lipinski definition) is 5. The lowest BCUT2D eigenvalue weighted by molar-refractivity contribution is 0.0289. The molecule has 0 saturated carbocycles. The number of carbonyl (C=O) groups excluding carboxylic acids is 1. The highest BCUT2D eigenvalue weighted by atomic mass is 16.6. The number of nitrogens with two attached hydrogens (primary N) is 1. The molecule has 1 aromatic heterocycles. The fourth-order valence-electron chi connectivity index (χ4n) is 2.31. The van der Waals surface area contributed by atoms with E-state index in [1.165, 1.54) is 0 Å². The normalized spacial score (nSPS) is 18.6. The number of pyridine rings is 1. The molecule has 1 aromatic rings. The van der Waals surface area contributed by atoms with Crippen molar-refractivity contribution in [2.45, 2.75) is 32.8 Å². The smallest absolute Gasteiger partial charge is 0.410 e. The highest BCUT2D eigenvalue weighted by Crippen LogP contribution is 2.21. The molecule has 1 amide bonds. The van der Waals surface area contributed by atoms with Gasteiger partial charge >= 0.3 is 6.09 Å². The number of aromatic nitrogens is 1. The minimum absolute atomic E-state index is 0.228. The summed E-state index contributed by atoms with van der Waals surface area (Å²) in [5.41, 5.74) is 6.92. The third kappa shape index (κ3) is 4.51. The summed E-state index contributed by atoms with van der Waals surface area (Å²) in [6.45, 7) is 7.89. The van der Waals surface area contributed by atoms with Gasteiger partial charge in [-0.3, -0.25) is 4.98 Å². The van der Waals surface area contributed by atoms with E-state index in [9.17, 15) is 4.79 Å². The fourth-order valence-corrected chi connectivity index (χ4v) is 2.31. The first-order valence-corrected chi connectivity index (χ1v) is 7.26. The van der Waals surface area contributed by atoms with Crippen LogP contribution in [-0.2, 0) is 4.74 Å². The Morgan fingerprint density at radius 1 is 1.57 bits per heavy atom. The Morgan fingerprint density at radius 2 is 2.33 bits per heavy atom. The summed E-state index contributed by atoms with van der Waals surface area (Å²) in [6, 6.07) is 1.86. The SMILES string of the molecule is CC(C)(C)OC(=O)N1CC[C@@H](CNc2ccncc2N)C1. The van der Waals surface area contributed by atoms with Crippen molar-refractivity contribution in [3.05, 3.63) is 18.5 Å². The molecule has 0 unspecified atom stereocenters. The van der Waals surface area contributed by atoms with Crippen LogP contribution in [0, 0.1) is 5.92 Å². The average Bonchev–Trinajstić information content (AvgIpc) is 2.85. The molecule has 1 saturated heterocycles. The summed E-state index contributed by atoms with van der Waals surface area (Å²) < 4.78 is 5.39. The molecule has 0 aliphatic carbocycles. The average molecular weight is 292 g/mol. The van der Waals surface area contributed by atoms with Crippen LogP contribution in [0.15, 0.2) is 18.5 Å². The van der Waals surface area contributed by atoms with Gasteiger partial charge in [0.2, 0.25) is 0 Å². The predicted octanol–water partition coefficient (Wildman–Crippen LogP) is 2.33. The van der Waals surface area contributed by atoms with Crippen LogP contribution in [0.1, 0.15) is 27.2 Å². The minimum atomic E-state index is -0.446. The van der Waals surface area contributed by atoms with Gasteiger partial charge in [0, 0.05) is 25.8 Å². The van der Waals surface area contributed by atoms with Gasteiger partial charge in [-0.15, -0.1) is 0 Å². The maximum absolute atomic E-state index is 12.0. The van der Waals surface area contributed by atoms with Crippen molar-refractivity contribution >= 4 is 17.5 Å². The number of carbonyl (C=O) groups is 1. The largest absolute Gasteiger partial charge is 0.444 e. The maximum Gasteiger partial charge on any atom is 0.410 e. The molecule has 3 N–H and O–H groups in total. The molecule has 1 aliphatic rings. The Hall–Kier alpha value is -1.98. The number of nitrogens with zero attached hydrogens (tertiary/aromatic N) is 2. The van der Waals surface area contributed by atoms with E-state index in [4.69, 9.17) is 10.5 Å². The van der Waals surface area contributed by atoms with E-state index in [2.05, 4.69) is 10.3 Å². The summed E-state index contributed by atoms with van der Waals surface area (Å²) in [7, 11) is 0. The second-order valence-electron chi connectivity index (χ2n) is 6.42. The lowest BCUT2D eigenvalue weighted by Gasteiger charge is -2.24. The fraction of sp³-hybridized carbons (Fsp3) is 0.600. The highest BCUT2D eigenvalue weighted by Gasteiger charge is 2.29. The quantitative estimate of drug-likeness (QED) is 0.893. The van der Waals surface area contributed by atoms with Gasteiger partial charge < -0.3 is 20.7 Å². The van der Waals surface area contributed by atoms with E-state index in [-0.39, 0.29) is 6.09 Å². The molecule has 0 radical (unpaired) electrons. The number of ether oxygens (including phenoxy) is 1. The van der Waals surface area contributed by atoms with Gasteiger partial charge in [-0.05, 0) is 39.2 Å². The Kier molecular flexibility index (Phi) is 4.55.